The average Bonchev–Trinajstić information content (AvgIpc) is 2.34. The minimum Gasteiger partial charge on any atom is -0.396 e. The minimum absolute atomic E-state index is 0.203. The highest BCUT2D eigenvalue weighted by Gasteiger charge is 2.07. The van der Waals surface area contributed by atoms with E-state index >= 15 is 0 Å². The van der Waals surface area contributed by atoms with Gasteiger partial charge in [-0.1, -0.05) is 13.0 Å². The molecule has 4 heteroatoms. The number of hydrogen-bond acceptors (Lipinski definition) is 4. The van der Waals surface area contributed by atoms with Gasteiger partial charge in [0.1, 0.15) is 11.8 Å². The van der Waals surface area contributed by atoms with Crippen molar-refractivity contribution in [3.63, 3.8) is 0 Å². The maximum absolute atomic E-state index is 8.91. The van der Waals surface area contributed by atoms with Gasteiger partial charge >= 0.3 is 0 Å². The first-order valence-electron chi connectivity index (χ1n) is 5.49. The molecule has 0 radical (unpaired) electrons. The van der Waals surface area contributed by atoms with Crippen molar-refractivity contribution >= 4 is 0 Å². The molecule has 0 bridgehead atoms. The van der Waals surface area contributed by atoms with Gasteiger partial charge in [0.25, 0.3) is 0 Å². The molecule has 0 atom stereocenters. The van der Waals surface area contributed by atoms with Crippen LogP contribution in [0.4, 0.5) is 0 Å². The molecular weight excluding hydrogens is 202 g/mol. The molecule has 86 valence electrons. The van der Waals surface area contributed by atoms with Crippen molar-refractivity contribution < 1.29 is 5.11 Å². The molecule has 1 heterocycles. The fourth-order valence-corrected chi connectivity index (χ4v) is 1.55. The summed E-state index contributed by atoms with van der Waals surface area (Å²) in [6.07, 6.45) is 2.39. The van der Waals surface area contributed by atoms with Gasteiger partial charge in [0.15, 0.2) is 0 Å². The SMILES string of the molecule is CCN(CCCO)Cc1cccnc1C#N. The molecule has 1 rings (SSSR count). The first kappa shape index (κ1) is 12.6. The Labute approximate surface area is 96.2 Å². The Balaban J connectivity index is 2.66. The van der Waals surface area contributed by atoms with Crippen LogP contribution in [0.5, 0.6) is 0 Å². The van der Waals surface area contributed by atoms with Gasteiger partial charge in [-0.15, -0.1) is 0 Å². The molecule has 1 aromatic heterocycles. The van der Waals surface area contributed by atoms with Crippen LogP contribution in [0.3, 0.4) is 0 Å². The topological polar surface area (TPSA) is 60.1 Å². The second-order valence-electron chi connectivity index (χ2n) is 3.57. The number of aliphatic hydroxyl groups is 1. The lowest BCUT2D eigenvalue weighted by atomic mass is 10.2. The molecule has 0 unspecified atom stereocenters. The summed E-state index contributed by atoms with van der Waals surface area (Å²) in [6.45, 7) is 4.73. The second kappa shape index (κ2) is 6.94. The number of nitriles is 1. The van der Waals surface area contributed by atoms with E-state index < -0.39 is 0 Å². The summed E-state index contributed by atoms with van der Waals surface area (Å²) < 4.78 is 0. The molecule has 0 fully saturated rings. The molecular formula is C12H17N3O. The first-order valence-corrected chi connectivity index (χ1v) is 5.49. The van der Waals surface area contributed by atoms with E-state index in [4.69, 9.17) is 10.4 Å². The van der Waals surface area contributed by atoms with Crippen LogP contribution in [0.2, 0.25) is 0 Å². The van der Waals surface area contributed by atoms with Crippen molar-refractivity contribution in [2.45, 2.75) is 19.9 Å². The number of pyridine rings is 1. The van der Waals surface area contributed by atoms with Gasteiger partial charge in [-0.05, 0) is 19.0 Å². The summed E-state index contributed by atoms with van der Waals surface area (Å²) in [5, 5.41) is 17.7. The van der Waals surface area contributed by atoms with Crippen LogP contribution in [-0.4, -0.2) is 34.7 Å². The number of hydrogen-bond donors (Lipinski definition) is 1. The predicted octanol–water partition coefficient (Wildman–Crippen LogP) is 1.16. The maximum atomic E-state index is 8.91. The Morgan fingerprint density at radius 1 is 1.56 bits per heavy atom. The van der Waals surface area contributed by atoms with Crippen molar-refractivity contribution in [2.24, 2.45) is 0 Å². The molecule has 0 aliphatic rings. The van der Waals surface area contributed by atoms with Gasteiger partial charge < -0.3 is 5.11 Å². The van der Waals surface area contributed by atoms with Gasteiger partial charge in [0.05, 0.1) is 0 Å². The lowest BCUT2D eigenvalue weighted by Crippen LogP contribution is -2.25. The predicted molar refractivity (Wildman–Crippen MR) is 61.6 cm³/mol. The molecule has 4 nitrogen and oxygen atoms in total. The van der Waals surface area contributed by atoms with Crippen molar-refractivity contribution in [3.05, 3.63) is 29.6 Å². The Kier molecular flexibility index (Phi) is 5.48. The molecule has 16 heavy (non-hydrogen) atoms. The highest BCUT2D eigenvalue weighted by molar-refractivity contribution is 5.30. The zero-order valence-electron chi connectivity index (χ0n) is 9.56. The van der Waals surface area contributed by atoms with Crippen LogP contribution in [0.1, 0.15) is 24.6 Å². The summed E-state index contributed by atoms with van der Waals surface area (Å²) in [4.78, 5) is 6.22. The smallest absolute Gasteiger partial charge is 0.144 e. The molecule has 0 amide bonds. The third kappa shape index (κ3) is 3.61. The lowest BCUT2D eigenvalue weighted by molar-refractivity contribution is 0.225. The fourth-order valence-electron chi connectivity index (χ4n) is 1.55. The highest BCUT2D eigenvalue weighted by atomic mass is 16.3. The van der Waals surface area contributed by atoms with Crippen molar-refractivity contribution in [3.8, 4) is 6.07 Å². The molecule has 0 aromatic carbocycles. The summed E-state index contributed by atoms with van der Waals surface area (Å²) in [6, 6.07) is 5.86. The molecule has 0 spiro atoms. The highest BCUT2D eigenvalue weighted by Crippen LogP contribution is 2.08. The lowest BCUT2D eigenvalue weighted by Gasteiger charge is -2.20. The van der Waals surface area contributed by atoms with E-state index in [1.165, 1.54) is 0 Å². The zero-order chi connectivity index (χ0) is 11.8. The van der Waals surface area contributed by atoms with Crippen molar-refractivity contribution in [1.29, 1.82) is 5.26 Å². The Bertz CT molecular complexity index is 360. The first-order chi connectivity index (χ1) is 7.81. The van der Waals surface area contributed by atoms with Crippen LogP contribution < -0.4 is 0 Å². The summed E-state index contributed by atoms with van der Waals surface area (Å²) in [5.74, 6) is 0. The number of aromatic nitrogens is 1. The van der Waals surface area contributed by atoms with E-state index in [0.29, 0.717) is 12.2 Å². The number of nitrogens with zero attached hydrogens (tertiary/aromatic N) is 3. The van der Waals surface area contributed by atoms with Gasteiger partial charge in [-0.2, -0.15) is 5.26 Å². The summed E-state index contributed by atoms with van der Waals surface area (Å²) in [5.41, 5.74) is 1.44. The van der Waals surface area contributed by atoms with Crippen LogP contribution in [0, 0.1) is 11.3 Å². The van der Waals surface area contributed by atoms with Gasteiger partial charge in [-0.25, -0.2) is 4.98 Å². The normalized spacial score (nSPS) is 10.4. The summed E-state index contributed by atoms with van der Waals surface area (Å²) in [7, 11) is 0. The maximum Gasteiger partial charge on any atom is 0.144 e. The van der Waals surface area contributed by atoms with E-state index in [9.17, 15) is 0 Å². The third-order valence-corrected chi connectivity index (χ3v) is 2.47. The average molecular weight is 219 g/mol. The second-order valence-corrected chi connectivity index (χ2v) is 3.57. The molecule has 1 aromatic rings. The van der Waals surface area contributed by atoms with E-state index in [1.54, 1.807) is 6.20 Å². The van der Waals surface area contributed by atoms with E-state index in [-0.39, 0.29) is 6.61 Å². The largest absolute Gasteiger partial charge is 0.396 e. The van der Waals surface area contributed by atoms with Gasteiger partial charge in [-0.3, -0.25) is 4.90 Å². The molecule has 0 aliphatic heterocycles. The molecule has 1 N–H and O–H groups in total. The van der Waals surface area contributed by atoms with E-state index in [2.05, 4.69) is 22.9 Å². The van der Waals surface area contributed by atoms with E-state index in [0.717, 1.165) is 25.1 Å². The van der Waals surface area contributed by atoms with Crippen molar-refractivity contribution in [2.75, 3.05) is 19.7 Å². The monoisotopic (exact) mass is 219 g/mol. The standard InChI is InChI=1S/C12H17N3O/c1-2-15(7-4-8-16)10-11-5-3-6-14-12(11)9-13/h3,5-6,16H,2,4,7-8,10H2,1H3. The number of aliphatic hydroxyl groups excluding tert-OH is 1. The Morgan fingerprint density at radius 2 is 2.38 bits per heavy atom. The Hall–Kier alpha value is -1.44. The number of rotatable bonds is 6. The zero-order valence-corrected chi connectivity index (χ0v) is 9.56. The molecule has 0 saturated heterocycles. The molecule has 0 saturated carbocycles. The summed E-state index contributed by atoms with van der Waals surface area (Å²) >= 11 is 0. The van der Waals surface area contributed by atoms with Crippen LogP contribution >= 0.6 is 0 Å². The molecule has 0 aliphatic carbocycles. The van der Waals surface area contributed by atoms with Gasteiger partial charge in [0.2, 0.25) is 0 Å². The Morgan fingerprint density at radius 3 is 3.00 bits per heavy atom. The van der Waals surface area contributed by atoms with Crippen molar-refractivity contribution in [1.82, 2.24) is 9.88 Å². The van der Waals surface area contributed by atoms with Crippen LogP contribution in [0.25, 0.3) is 0 Å². The minimum atomic E-state index is 0.203. The van der Waals surface area contributed by atoms with Gasteiger partial charge in [0, 0.05) is 31.5 Å². The fraction of sp³-hybridized carbons (Fsp3) is 0.500. The van der Waals surface area contributed by atoms with E-state index in [1.807, 2.05) is 12.1 Å². The third-order valence-electron chi connectivity index (χ3n) is 2.47. The van der Waals surface area contributed by atoms with Crippen LogP contribution in [0.15, 0.2) is 18.3 Å². The van der Waals surface area contributed by atoms with Crippen LogP contribution in [-0.2, 0) is 6.54 Å². The quantitative estimate of drug-likeness (QED) is 0.780.